The van der Waals surface area contributed by atoms with Crippen LogP contribution in [0.1, 0.15) is 58.2 Å². The highest BCUT2D eigenvalue weighted by atomic mass is 35.5. The summed E-state index contributed by atoms with van der Waals surface area (Å²) in [6.07, 6.45) is 4.54. The van der Waals surface area contributed by atoms with Gasteiger partial charge in [-0.3, -0.25) is 9.59 Å². The summed E-state index contributed by atoms with van der Waals surface area (Å²) in [5.74, 6) is -0.454. The summed E-state index contributed by atoms with van der Waals surface area (Å²) in [6, 6.07) is 5.67. The maximum absolute atomic E-state index is 13.2. The van der Waals surface area contributed by atoms with Gasteiger partial charge in [0, 0.05) is 13.1 Å². The molecule has 2 atom stereocenters. The smallest absolute Gasteiger partial charge is 0.264 e. The molecule has 0 aliphatic heterocycles. The summed E-state index contributed by atoms with van der Waals surface area (Å²) in [6.45, 7) is 4.06. The van der Waals surface area contributed by atoms with Crippen LogP contribution in [0.25, 0.3) is 0 Å². The molecule has 1 aromatic carbocycles. The van der Waals surface area contributed by atoms with Crippen LogP contribution in [0.5, 0.6) is 0 Å². The zero-order valence-corrected chi connectivity index (χ0v) is 17.8. The second-order valence-corrected chi connectivity index (χ2v) is 8.91. The van der Waals surface area contributed by atoms with E-state index in [9.17, 15) is 14.0 Å². The Hall–Kier alpha value is -1.92. The van der Waals surface area contributed by atoms with Gasteiger partial charge >= 0.3 is 0 Å². The van der Waals surface area contributed by atoms with Crippen molar-refractivity contribution in [3.05, 3.63) is 51.1 Å². The molecule has 3 rings (SSSR count). The summed E-state index contributed by atoms with van der Waals surface area (Å²) in [4.78, 5) is 28.0. The van der Waals surface area contributed by atoms with E-state index in [1.54, 1.807) is 6.07 Å². The molecule has 0 spiro atoms. The number of carbonyl (C=O) groups excluding carboxylic acids is 2. The molecular formula is C21H24ClFN2O2S. The SMILES string of the molecule is Cc1cc(NC(=O)c2ccc(F)cc2Cl)sc1C(=O)N(C)C1CCCCC1C. The van der Waals surface area contributed by atoms with Crippen LogP contribution in [0.15, 0.2) is 24.3 Å². The summed E-state index contributed by atoms with van der Waals surface area (Å²) in [7, 11) is 1.87. The number of carbonyl (C=O) groups is 2. The lowest BCUT2D eigenvalue weighted by atomic mass is 9.85. The first-order chi connectivity index (χ1) is 13.3. The summed E-state index contributed by atoms with van der Waals surface area (Å²) < 4.78 is 13.2. The van der Waals surface area contributed by atoms with E-state index in [1.807, 2.05) is 18.9 Å². The van der Waals surface area contributed by atoms with Crippen LogP contribution >= 0.6 is 22.9 Å². The number of halogens is 2. The monoisotopic (exact) mass is 422 g/mol. The number of thiophene rings is 1. The molecule has 0 bridgehead atoms. The van der Waals surface area contributed by atoms with Crippen LogP contribution in [0.4, 0.5) is 9.39 Å². The Kier molecular flexibility index (Phi) is 6.40. The Labute approximate surface area is 173 Å². The van der Waals surface area contributed by atoms with Crippen LogP contribution in [-0.2, 0) is 0 Å². The Morgan fingerprint density at radius 2 is 1.96 bits per heavy atom. The minimum absolute atomic E-state index is 0.0124. The first-order valence-corrected chi connectivity index (χ1v) is 10.6. The van der Waals surface area contributed by atoms with Crippen molar-refractivity contribution in [3.8, 4) is 0 Å². The van der Waals surface area contributed by atoms with Crippen molar-refractivity contribution in [2.24, 2.45) is 5.92 Å². The van der Waals surface area contributed by atoms with E-state index in [-0.39, 0.29) is 22.5 Å². The summed E-state index contributed by atoms with van der Waals surface area (Å²) in [5, 5.41) is 3.38. The van der Waals surface area contributed by atoms with Crippen LogP contribution in [0, 0.1) is 18.7 Å². The Bertz CT molecular complexity index is 899. The van der Waals surface area contributed by atoms with Crippen LogP contribution in [0.2, 0.25) is 5.02 Å². The maximum Gasteiger partial charge on any atom is 0.264 e. The number of anilines is 1. The van der Waals surface area contributed by atoms with Crippen molar-refractivity contribution in [1.29, 1.82) is 0 Å². The number of hydrogen-bond acceptors (Lipinski definition) is 3. The van der Waals surface area contributed by atoms with E-state index in [2.05, 4.69) is 12.2 Å². The maximum atomic E-state index is 13.2. The molecule has 1 N–H and O–H groups in total. The Morgan fingerprint density at radius 3 is 2.64 bits per heavy atom. The average molecular weight is 423 g/mol. The Balaban J connectivity index is 1.75. The fourth-order valence-electron chi connectivity index (χ4n) is 3.79. The molecule has 2 amide bonds. The first-order valence-electron chi connectivity index (χ1n) is 9.42. The average Bonchev–Trinajstić information content (AvgIpc) is 3.00. The number of amides is 2. The topological polar surface area (TPSA) is 49.4 Å². The third-order valence-corrected chi connectivity index (χ3v) is 6.86. The van der Waals surface area contributed by atoms with E-state index in [0.717, 1.165) is 30.9 Å². The number of hydrogen-bond donors (Lipinski definition) is 1. The summed E-state index contributed by atoms with van der Waals surface area (Å²) in [5.41, 5.74) is 1.01. The molecule has 1 fully saturated rings. The number of benzene rings is 1. The standard InChI is InChI=1S/C21H24ClFN2O2S/c1-12-6-4-5-7-17(12)25(3)21(27)19-13(2)10-18(28-19)24-20(26)15-9-8-14(23)11-16(15)22/h8-12,17H,4-7H2,1-3H3,(H,24,26). The van der Waals surface area contributed by atoms with Crippen molar-refractivity contribution in [3.63, 3.8) is 0 Å². The minimum atomic E-state index is -0.499. The van der Waals surface area contributed by atoms with Gasteiger partial charge in [0.25, 0.3) is 11.8 Å². The quantitative estimate of drug-likeness (QED) is 0.681. The molecule has 1 heterocycles. The van der Waals surface area contributed by atoms with Gasteiger partial charge in [0.2, 0.25) is 0 Å². The number of nitrogens with one attached hydrogen (secondary N) is 1. The van der Waals surface area contributed by atoms with E-state index in [0.29, 0.717) is 15.8 Å². The van der Waals surface area contributed by atoms with Gasteiger partial charge in [-0.15, -0.1) is 11.3 Å². The van der Waals surface area contributed by atoms with Gasteiger partial charge in [0.1, 0.15) is 5.82 Å². The van der Waals surface area contributed by atoms with E-state index in [1.165, 1.54) is 29.9 Å². The fraction of sp³-hybridized carbons (Fsp3) is 0.429. The zero-order chi connectivity index (χ0) is 20.4. The van der Waals surface area contributed by atoms with Crippen LogP contribution in [0.3, 0.4) is 0 Å². The van der Waals surface area contributed by atoms with Gasteiger partial charge < -0.3 is 10.2 Å². The van der Waals surface area contributed by atoms with Crippen LogP contribution in [-0.4, -0.2) is 29.8 Å². The molecule has 28 heavy (non-hydrogen) atoms. The largest absolute Gasteiger partial charge is 0.338 e. The highest BCUT2D eigenvalue weighted by Gasteiger charge is 2.30. The first kappa shape index (κ1) is 20.8. The molecule has 4 nitrogen and oxygen atoms in total. The third-order valence-electron chi connectivity index (χ3n) is 5.41. The molecule has 1 aromatic heterocycles. The molecule has 0 radical (unpaired) electrons. The number of nitrogens with zero attached hydrogens (tertiary/aromatic N) is 1. The summed E-state index contributed by atoms with van der Waals surface area (Å²) >= 11 is 7.21. The van der Waals surface area contributed by atoms with E-state index >= 15 is 0 Å². The van der Waals surface area contributed by atoms with Gasteiger partial charge in [0.15, 0.2) is 0 Å². The highest BCUT2D eigenvalue weighted by Crippen LogP contribution is 2.32. The predicted molar refractivity (Wildman–Crippen MR) is 112 cm³/mol. The zero-order valence-electron chi connectivity index (χ0n) is 16.2. The van der Waals surface area contributed by atoms with E-state index < -0.39 is 11.7 Å². The van der Waals surface area contributed by atoms with Crippen LogP contribution < -0.4 is 5.32 Å². The molecule has 2 unspecified atom stereocenters. The van der Waals surface area contributed by atoms with Crippen molar-refractivity contribution >= 4 is 39.8 Å². The van der Waals surface area contributed by atoms with Gasteiger partial charge in [-0.25, -0.2) is 4.39 Å². The number of aryl methyl sites for hydroxylation is 1. The fourth-order valence-corrected chi connectivity index (χ4v) is 5.10. The van der Waals surface area contributed by atoms with Crippen molar-refractivity contribution < 1.29 is 14.0 Å². The van der Waals surface area contributed by atoms with Crippen molar-refractivity contribution in [1.82, 2.24) is 4.90 Å². The lowest BCUT2D eigenvalue weighted by molar-refractivity contribution is 0.0633. The van der Waals surface area contributed by atoms with Gasteiger partial charge in [-0.1, -0.05) is 31.4 Å². The molecular weight excluding hydrogens is 399 g/mol. The third kappa shape index (κ3) is 4.39. The van der Waals surface area contributed by atoms with Gasteiger partial charge in [-0.05, 0) is 55.5 Å². The van der Waals surface area contributed by atoms with Crippen molar-refractivity contribution in [2.75, 3.05) is 12.4 Å². The molecule has 7 heteroatoms. The lowest BCUT2D eigenvalue weighted by Gasteiger charge is -2.36. The number of rotatable bonds is 4. The van der Waals surface area contributed by atoms with E-state index in [4.69, 9.17) is 11.6 Å². The molecule has 150 valence electrons. The molecule has 1 aliphatic carbocycles. The molecule has 0 saturated heterocycles. The minimum Gasteiger partial charge on any atom is -0.338 e. The predicted octanol–water partition coefficient (Wildman–Crippen LogP) is 5.75. The highest BCUT2D eigenvalue weighted by molar-refractivity contribution is 7.18. The molecule has 1 saturated carbocycles. The van der Waals surface area contributed by atoms with Gasteiger partial charge in [-0.2, -0.15) is 0 Å². The normalized spacial score (nSPS) is 19.3. The Morgan fingerprint density at radius 1 is 1.25 bits per heavy atom. The van der Waals surface area contributed by atoms with Gasteiger partial charge in [0.05, 0.1) is 20.5 Å². The second-order valence-electron chi connectivity index (χ2n) is 7.45. The molecule has 2 aromatic rings. The van der Waals surface area contributed by atoms with Crippen molar-refractivity contribution in [2.45, 2.75) is 45.6 Å². The lowest BCUT2D eigenvalue weighted by Crippen LogP contribution is -2.42. The molecule has 1 aliphatic rings. The second kappa shape index (κ2) is 8.62.